The van der Waals surface area contributed by atoms with Crippen molar-refractivity contribution in [3.05, 3.63) is 0 Å². The maximum Gasteiger partial charge on any atom is 0.336 e. The molecule has 1 aliphatic heterocycles. The Bertz CT molecular complexity index is 163. The normalized spacial score (nSPS) is 26.8. The summed E-state index contributed by atoms with van der Waals surface area (Å²) in [6, 6.07) is 0. The first-order chi connectivity index (χ1) is 4.99. The molecule has 0 aliphatic carbocycles. The standard InChI is InChI=1S/C5H10O5S/c1-11(7,8)10-4-2-3-9-5(4)6/h4,7-8H,2-3H2,1H3. The number of cyclic esters (lactones) is 1. The third-order valence-electron chi connectivity index (χ3n) is 1.19. The van der Waals surface area contributed by atoms with E-state index in [1.54, 1.807) is 0 Å². The van der Waals surface area contributed by atoms with Gasteiger partial charge in [-0.25, -0.2) is 4.79 Å². The molecule has 1 saturated heterocycles. The zero-order valence-electron chi connectivity index (χ0n) is 6.02. The second kappa shape index (κ2) is 2.98. The molecular weight excluding hydrogens is 172 g/mol. The molecule has 0 aromatic heterocycles. The Morgan fingerprint density at radius 2 is 2.36 bits per heavy atom. The molecule has 0 aromatic rings. The topological polar surface area (TPSA) is 76.0 Å². The molecule has 0 aromatic carbocycles. The number of hydrogen-bond donors (Lipinski definition) is 2. The van der Waals surface area contributed by atoms with Gasteiger partial charge in [-0.3, -0.25) is 4.18 Å². The van der Waals surface area contributed by atoms with E-state index >= 15 is 0 Å². The first kappa shape index (κ1) is 8.79. The number of carbonyl (C=O) groups is 1. The molecule has 1 atom stereocenters. The molecule has 2 N–H and O–H groups in total. The van der Waals surface area contributed by atoms with Gasteiger partial charge in [-0.15, -0.1) is 0 Å². The fourth-order valence-electron chi connectivity index (χ4n) is 0.785. The van der Waals surface area contributed by atoms with Crippen LogP contribution in [0.25, 0.3) is 0 Å². The number of hydrogen-bond acceptors (Lipinski definition) is 5. The van der Waals surface area contributed by atoms with Crippen LogP contribution in [0.2, 0.25) is 0 Å². The summed E-state index contributed by atoms with van der Waals surface area (Å²) in [4.78, 5) is 10.7. The lowest BCUT2D eigenvalue weighted by molar-refractivity contribution is -0.143. The van der Waals surface area contributed by atoms with E-state index in [0.717, 1.165) is 6.26 Å². The monoisotopic (exact) mass is 182 g/mol. The average molecular weight is 182 g/mol. The molecule has 1 heterocycles. The molecule has 11 heavy (non-hydrogen) atoms. The summed E-state index contributed by atoms with van der Waals surface area (Å²) in [7, 11) is -3.04. The Morgan fingerprint density at radius 1 is 1.73 bits per heavy atom. The molecule has 0 radical (unpaired) electrons. The fraction of sp³-hybridized carbons (Fsp3) is 0.800. The molecule has 1 fully saturated rings. The van der Waals surface area contributed by atoms with Crippen molar-refractivity contribution in [1.82, 2.24) is 0 Å². The van der Waals surface area contributed by atoms with Crippen molar-refractivity contribution in [2.24, 2.45) is 0 Å². The lowest BCUT2D eigenvalue weighted by Crippen LogP contribution is -2.20. The molecule has 0 saturated carbocycles. The lowest BCUT2D eigenvalue weighted by atomic mass is 10.3. The van der Waals surface area contributed by atoms with Crippen molar-refractivity contribution >= 4 is 16.8 Å². The molecule has 1 unspecified atom stereocenters. The molecule has 1 rings (SSSR count). The number of esters is 1. The van der Waals surface area contributed by atoms with Gasteiger partial charge in [0, 0.05) is 12.7 Å². The molecule has 0 spiro atoms. The fourth-order valence-corrected chi connectivity index (χ4v) is 1.40. The van der Waals surface area contributed by atoms with Gasteiger partial charge in [-0.05, 0) is 0 Å². The van der Waals surface area contributed by atoms with Gasteiger partial charge in [0.2, 0.25) is 0 Å². The van der Waals surface area contributed by atoms with Crippen molar-refractivity contribution in [3.63, 3.8) is 0 Å². The quantitative estimate of drug-likeness (QED) is 0.612. The summed E-state index contributed by atoms with van der Waals surface area (Å²) in [6.07, 6.45) is 0.714. The van der Waals surface area contributed by atoms with Gasteiger partial charge in [0.15, 0.2) is 6.10 Å². The van der Waals surface area contributed by atoms with E-state index in [2.05, 4.69) is 8.92 Å². The van der Waals surface area contributed by atoms with Crippen LogP contribution < -0.4 is 0 Å². The van der Waals surface area contributed by atoms with E-state index in [1.807, 2.05) is 0 Å². The van der Waals surface area contributed by atoms with Crippen LogP contribution in [0.15, 0.2) is 0 Å². The predicted octanol–water partition coefficient (Wildman–Crippen LogP) is 0.614. The van der Waals surface area contributed by atoms with Crippen LogP contribution in [0.3, 0.4) is 0 Å². The van der Waals surface area contributed by atoms with Gasteiger partial charge in [0.1, 0.15) is 0 Å². The molecule has 0 bridgehead atoms. The maximum absolute atomic E-state index is 10.7. The summed E-state index contributed by atoms with van der Waals surface area (Å²) in [6.45, 7) is 0.291. The van der Waals surface area contributed by atoms with Crippen molar-refractivity contribution in [2.45, 2.75) is 12.5 Å². The first-order valence-corrected chi connectivity index (χ1v) is 4.95. The van der Waals surface area contributed by atoms with Crippen LogP contribution >= 0.6 is 10.9 Å². The average Bonchev–Trinajstić information content (AvgIpc) is 2.12. The van der Waals surface area contributed by atoms with Crippen LogP contribution in [-0.2, 0) is 13.7 Å². The van der Waals surface area contributed by atoms with Gasteiger partial charge >= 0.3 is 5.97 Å². The predicted molar refractivity (Wildman–Crippen MR) is 39.2 cm³/mol. The highest BCUT2D eigenvalue weighted by molar-refractivity contribution is 8.19. The highest BCUT2D eigenvalue weighted by Gasteiger charge is 2.31. The Morgan fingerprint density at radius 3 is 2.73 bits per heavy atom. The van der Waals surface area contributed by atoms with Crippen LogP contribution in [0, 0.1) is 0 Å². The Hall–Kier alpha value is -0.300. The number of rotatable bonds is 2. The van der Waals surface area contributed by atoms with Crippen LogP contribution in [0.5, 0.6) is 0 Å². The van der Waals surface area contributed by atoms with Gasteiger partial charge in [0.05, 0.1) is 17.5 Å². The zero-order valence-corrected chi connectivity index (χ0v) is 6.84. The minimum absolute atomic E-state index is 0.291. The van der Waals surface area contributed by atoms with Gasteiger partial charge < -0.3 is 13.8 Å². The Labute approximate surface area is 65.9 Å². The van der Waals surface area contributed by atoms with Crippen molar-refractivity contribution in [1.29, 1.82) is 0 Å². The number of carbonyl (C=O) groups excluding carboxylic acids is 1. The van der Waals surface area contributed by atoms with E-state index in [-0.39, 0.29) is 0 Å². The van der Waals surface area contributed by atoms with Gasteiger partial charge in [0.25, 0.3) is 0 Å². The molecule has 5 nitrogen and oxygen atoms in total. The molecular formula is C5H10O5S. The largest absolute Gasteiger partial charge is 0.464 e. The molecule has 66 valence electrons. The molecule has 0 amide bonds. The molecule has 1 aliphatic rings. The minimum atomic E-state index is -3.04. The van der Waals surface area contributed by atoms with Crippen LogP contribution in [0.4, 0.5) is 0 Å². The Kier molecular flexibility index (Phi) is 2.38. The van der Waals surface area contributed by atoms with E-state index < -0.39 is 22.9 Å². The van der Waals surface area contributed by atoms with E-state index in [9.17, 15) is 4.79 Å². The highest BCUT2D eigenvalue weighted by Crippen LogP contribution is 2.38. The number of ether oxygens (including phenoxy) is 1. The lowest BCUT2D eigenvalue weighted by Gasteiger charge is -2.22. The second-order valence-corrected chi connectivity index (χ2v) is 4.02. The van der Waals surface area contributed by atoms with E-state index in [0.29, 0.717) is 13.0 Å². The highest BCUT2D eigenvalue weighted by atomic mass is 32.3. The van der Waals surface area contributed by atoms with Crippen molar-refractivity contribution < 1.29 is 22.8 Å². The maximum atomic E-state index is 10.7. The van der Waals surface area contributed by atoms with Crippen molar-refractivity contribution in [3.8, 4) is 0 Å². The first-order valence-electron chi connectivity index (χ1n) is 3.07. The smallest absolute Gasteiger partial charge is 0.336 e. The zero-order chi connectivity index (χ0) is 8.48. The summed E-state index contributed by atoms with van der Waals surface area (Å²) < 4.78 is 26.8. The third-order valence-corrected chi connectivity index (χ3v) is 1.78. The third kappa shape index (κ3) is 2.66. The van der Waals surface area contributed by atoms with E-state index in [1.165, 1.54) is 0 Å². The SMILES string of the molecule is CS(O)(O)OC1CCOC1=O. The summed E-state index contributed by atoms with van der Waals surface area (Å²) in [5.74, 6) is -0.521. The van der Waals surface area contributed by atoms with E-state index in [4.69, 9.17) is 9.11 Å². The van der Waals surface area contributed by atoms with Crippen LogP contribution in [0.1, 0.15) is 6.42 Å². The summed E-state index contributed by atoms with van der Waals surface area (Å²) in [5.41, 5.74) is 0. The second-order valence-electron chi connectivity index (χ2n) is 2.30. The Balaban J connectivity index is 2.43. The molecule has 6 heteroatoms. The van der Waals surface area contributed by atoms with Gasteiger partial charge in [-0.2, -0.15) is 0 Å². The van der Waals surface area contributed by atoms with Crippen molar-refractivity contribution in [2.75, 3.05) is 12.9 Å². The van der Waals surface area contributed by atoms with Crippen LogP contribution in [-0.4, -0.2) is 34.0 Å². The summed E-state index contributed by atoms with van der Waals surface area (Å²) in [5, 5.41) is 0. The van der Waals surface area contributed by atoms with Gasteiger partial charge in [-0.1, -0.05) is 0 Å². The summed E-state index contributed by atoms with van der Waals surface area (Å²) >= 11 is 0. The minimum Gasteiger partial charge on any atom is -0.464 e.